The zero-order chi connectivity index (χ0) is 7.68. The molecule has 0 saturated carbocycles. The van der Waals surface area contributed by atoms with Gasteiger partial charge < -0.3 is 0 Å². The molecule has 0 N–H and O–H groups in total. The van der Waals surface area contributed by atoms with Gasteiger partial charge in [0.05, 0.1) is 11.6 Å². The number of carbonyl (C=O) groups is 1. The van der Waals surface area contributed by atoms with Gasteiger partial charge in [-0.15, -0.1) is 0 Å². The Morgan fingerprint density at radius 1 is 1.36 bits per heavy atom. The van der Waals surface area contributed by atoms with Crippen LogP contribution in [0.25, 0.3) is 0 Å². The van der Waals surface area contributed by atoms with E-state index >= 15 is 0 Å². The second-order valence-electron chi connectivity index (χ2n) is 2.37. The van der Waals surface area contributed by atoms with Crippen molar-refractivity contribution in [3.05, 3.63) is 24.3 Å². The maximum absolute atomic E-state index is 10.7. The molecule has 54 valence electrons. The van der Waals surface area contributed by atoms with Gasteiger partial charge in [0.15, 0.2) is 0 Å². The van der Waals surface area contributed by atoms with Gasteiger partial charge in [0.2, 0.25) is 0 Å². The number of allylic oxidation sites excluding steroid dienone is 4. The topological polar surface area (TPSA) is 41.8 Å². The van der Waals surface area contributed by atoms with E-state index in [0.29, 0.717) is 0 Å². The molecule has 1 heterocycles. The summed E-state index contributed by atoms with van der Waals surface area (Å²) >= 11 is 0. The molecule has 3 nitrogen and oxygen atoms in total. The summed E-state index contributed by atoms with van der Waals surface area (Å²) in [6.45, 7) is 0. The van der Waals surface area contributed by atoms with E-state index in [2.05, 4.69) is 9.98 Å². The summed E-state index contributed by atoms with van der Waals surface area (Å²) < 4.78 is 0. The molecule has 1 aliphatic carbocycles. The first-order valence-corrected chi connectivity index (χ1v) is 3.38. The molecule has 0 aromatic rings. The minimum absolute atomic E-state index is 0.109. The molecule has 0 aromatic carbocycles. The quantitative estimate of drug-likeness (QED) is 0.509. The van der Waals surface area contributed by atoms with Gasteiger partial charge in [0.1, 0.15) is 0 Å². The fourth-order valence-electron chi connectivity index (χ4n) is 1.07. The van der Waals surface area contributed by atoms with Crippen LogP contribution in [0.2, 0.25) is 0 Å². The van der Waals surface area contributed by atoms with Crippen molar-refractivity contribution in [2.24, 2.45) is 15.9 Å². The molecule has 2 aliphatic rings. The second kappa shape index (κ2) is 2.27. The Kier molecular flexibility index (Phi) is 1.28. The number of amides is 2. The van der Waals surface area contributed by atoms with Crippen molar-refractivity contribution < 1.29 is 4.79 Å². The Bertz CT molecular complexity index is 310. The molecule has 1 atom stereocenters. The number of urea groups is 1. The molecule has 1 unspecified atom stereocenters. The standard InChI is InChI=1S/C8H6N2O/c11-8-9-5-6-3-1-2-4-7(6)10-8/h1-6H. The highest BCUT2D eigenvalue weighted by molar-refractivity contribution is 6.16. The van der Waals surface area contributed by atoms with Crippen LogP contribution in [-0.4, -0.2) is 18.0 Å². The molecular weight excluding hydrogens is 140 g/mol. The van der Waals surface area contributed by atoms with E-state index in [1.165, 1.54) is 0 Å². The van der Waals surface area contributed by atoms with Crippen molar-refractivity contribution in [1.29, 1.82) is 0 Å². The lowest BCUT2D eigenvalue weighted by Gasteiger charge is -2.12. The zero-order valence-corrected chi connectivity index (χ0v) is 5.77. The average Bonchev–Trinajstić information content (AvgIpc) is 2.04. The number of rotatable bonds is 0. The predicted molar refractivity (Wildman–Crippen MR) is 43.1 cm³/mol. The first-order valence-electron chi connectivity index (χ1n) is 3.38. The smallest absolute Gasteiger partial charge is 0.244 e. The summed E-state index contributed by atoms with van der Waals surface area (Å²) in [5, 5.41) is 0. The molecule has 0 fully saturated rings. The third-order valence-corrected chi connectivity index (χ3v) is 1.61. The lowest BCUT2D eigenvalue weighted by Crippen LogP contribution is -2.18. The largest absolute Gasteiger partial charge is 0.366 e. The molecule has 0 bridgehead atoms. The summed E-state index contributed by atoms with van der Waals surface area (Å²) in [4.78, 5) is 18.0. The SMILES string of the molecule is O=C1N=CC2C=CC=CC2=N1. The van der Waals surface area contributed by atoms with E-state index in [-0.39, 0.29) is 5.92 Å². The third kappa shape index (κ3) is 1.05. The summed E-state index contributed by atoms with van der Waals surface area (Å²) in [5.74, 6) is 0.109. The highest BCUT2D eigenvalue weighted by Crippen LogP contribution is 2.11. The molecule has 11 heavy (non-hydrogen) atoms. The highest BCUT2D eigenvalue weighted by atomic mass is 16.2. The van der Waals surface area contributed by atoms with Crippen molar-refractivity contribution in [3.63, 3.8) is 0 Å². The molecular formula is C8H6N2O. The molecule has 0 radical (unpaired) electrons. The van der Waals surface area contributed by atoms with Crippen LogP contribution in [0, 0.1) is 5.92 Å². The first kappa shape index (κ1) is 6.22. The molecule has 0 spiro atoms. The molecule has 2 amide bonds. The van der Waals surface area contributed by atoms with E-state index in [1.807, 2.05) is 24.3 Å². The zero-order valence-electron chi connectivity index (χ0n) is 5.77. The molecule has 1 aliphatic heterocycles. The lowest BCUT2D eigenvalue weighted by molar-refractivity contribution is 0.257. The van der Waals surface area contributed by atoms with Crippen molar-refractivity contribution in [2.75, 3.05) is 0 Å². The normalized spacial score (nSPS) is 26.7. The molecule has 0 saturated heterocycles. The van der Waals surface area contributed by atoms with E-state index in [4.69, 9.17) is 0 Å². The minimum Gasteiger partial charge on any atom is -0.244 e. The Morgan fingerprint density at radius 2 is 2.27 bits per heavy atom. The second-order valence-corrected chi connectivity index (χ2v) is 2.37. The van der Waals surface area contributed by atoms with Gasteiger partial charge in [0.25, 0.3) is 0 Å². The maximum Gasteiger partial charge on any atom is 0.366 e. The van der Waals surface area contributed by atoms with Gasteiger partial charge >= 0.3 is 6.03 Å². The van der Waals surface area contributed by atoms with Crippen LogP contribution < -0.4 is 0 Å². The van der Waals surface area contributed by atoms with Crippen molar-refractivity contribution in [3.8, 4) is 0 Å². The van der Waals surface area contributed by atoms with Gasteiger partial charge in [0, 0.05) is 6.21 Å². The third-order valence-electron chi connectivity index (χ3n) is 1.61. The van der Waals surface area contributed by atoms with Crippen molar-refractivity contribution in [1.82, 2.24) is 0 Å². The maximum atomic E-state index is 10.7. The van der Waals surface area contributed by atoms with E-state index in [1.54, 1.807) is 6.21 Å². The summed E-state index contributed by atoms with van der Waals surface area (Å²) in [5.41, 5.74) is 0.785. The average molecular weight is 146 g/mol. The van der Waals surface area contributed by atoms with Crippen LogP contribution in [0.15, 0.2) is 34.3 Å². The Morgan fingerprint density at radius 3 is 3.18 bits per heavy atom. The number of nitrogens with zero attached hydrogens (tertiary/aromatic N) is 2. The van der Waals surface area contributed by atoms with E-state index in [0.717, 1.165) is 5.71 Å². The van der Waals surface area contributed by atoms with Crippen LogP contribution >= 0.6 is 0 Å². The molecule has 2 rings (SSSR count). The number of hydrogen-bond donors (Lipinski definition) is 0. The van der Waals surface area contributed by atoms with Gasteiger partial charge in [-0.2, -0.15) is 4.99 Å². The summed E-state index contributed by atoms with van der Waals surface area (Å²) in [7, 11) is 0. The van der Waals surface area contributed by atoms with Gasteiger partial charge in [-0.05, 0) is 6.08 Å². The number of carbonyl (C=O) groups excluding carboxylic acids is 1. The van der Waals surface area contributed by atoms with E-state index < -0.39 is 6.03 Å². The summed E-state index contributed by atoms with van der Waals surface area (Å²) in [6, 6.07) is -0.406. The Balaban J connectivity index is 2.39. The fourth-order valence-corrected chi connectivity index (χ4v) is 1.07. The monoisotopic (exact) mass is 146 g/mol. The first-order chi connectivity index (χ1) is 5.36. The number of fused-ring (bicyclic) bond motifs is 1. The number of hydrogen-bond acceptors (Lipinski definition) is 1. The summed E-state index contributed by atoms with van der Waals surface area (Å²) in [6.07, 6.45) is 9.18. The van der Waals surface area contributed by atoms with Crippen LogP contribution in [0.1, 0.15) is 0 Å². The van der Waals surface area contributed by atoms with Crippen LogP contribution in [0.5, 0.6) is 0 Å². The highest BCUT2D eigenvalue weighted by Gasteiger charge is 2.15. The van der Waals surface area contributed by atoms with Gasteiger partial charge in [-0.3, -0.25) is 0 Å². The molecule has 3 heteroatoms. The Hall–Kier alpha value is -1.51. The van der Waals surface area contributed by atoms with Gasteiger partial charge in [-0.1, -0.05) is 18.2 Å². The fraction of sp³-hybridized carbons (Fsp3) is 0.125. The van der Waals surface area contributed by atoms with Crippen LogP contribution in [0.3, 0.4) is 0 Å². The van der Waals surface area contributed by atoms with Crippen LogP contribution in [-0.2, 0) is 0 Å². The Labute approximate surface area is 63.9 Å². The van der Waals surface area contributed by atoms with E-state index in [9.17, 15) is 4.79 Å². The number of aliphatic imine (C=N–C) groups is 2. The van der Waals surface area contributed by atoms with Gasteiger partial charge in [-0.25, -0.2) is 9.79 Å². The van der Waals surface area contributed by atoms with Crippen LogP contribution in [0.4, 0.5) is 4.79 Å². The van der Waals surface area contributed by atoms with Crippen molar-refractivity contribution in [2.45, 2.75) is 0 Å². The molecule has 0 aromatic heterocycles. The van der Waals surface area contributed by atoms with Crippen molar-refractivity contribution >= 4 is 18.0 Å². The minimum atomic E-state index is -0.406. The lowest BCUT2D eigenvalue weighted by atomic mass is 9.99. The predicted octanol–water partition coefficient (Wildman–Crippen LogP) is 1.37.